The molecule has 7 heteroatoms. The highest BCUT2D eigenvalue weighted by Crippen LogP contribution is 2.22. The zero-order valence-corrected chi connectivity index (χ0v) is 12.5. The van der Waals surface area contributed by atoms with E-state index in [2.05, 4.69) is 25.6 Å². The van der Waals surface area contributed by atoms with Gasteiger partial charge in [0.05, 0.1) is 5.69 Å². The maximum atomic E-state index is 6.10. The molecule has 0 aliphatic rings. The summed E-state index contributed by atoms with van der Waals surface area (Å²) in [7, 11) is 0. The van der Waals surface area contributed by atoms with E-state index in [1.165, 1.54) is 0 Å². The van der Waals surface area contributed by atoms with Gasteiger partial charge in [0.25, 0.3) is 0 Å². The molecule has 0 aliphatic heterocycles. The zero-order chi connectivity index (χ0) is 14.8. The summed E-state index contributed by atoms with van der Waals surface area (Å²) in [5, 5.41) is 16.4. The predicted molar refractivity (Wildman–Crippen MR) is 81.4 cm³/mol. The van der Waals surface area contributed by atoms with Gasteiger partial charge in [-0.25, -0.2) is 0 Å². The van der Waals surface area contributed by atoms with E-state index in [1.807, 2.05) is 32.2 Å². The number of hydrogen-bond donors (Lipinski definition) is 1. The Morgan fingerprint density at radius 3 is 2.90 bits per heavy atom. The van der Waals surface area contributed by atoms with Gasteiger partial charge in [0.1, 0.15) is 0 Å². The Morgan fingerprint density at radius 1 is 1.33 bits per heavy atom. The molecule has 3 aromatic heterocycles. The molecule has 0 unspecified atom stereocenters. The van der Waals surface area contributed by atoms with Crippen molar-refractivity contribution in [2.75, 3.05) is 5.32 Å². The SMILES string of the molecule is CC(C)c1nnc2c(NCc3cccnc3)cc(Cl)nn12. The molecule has 0 saturated heterocycles. The Bertz CT molecular complexity index is 753. The van der Waals surface area contributed by atoms with Crippen LogP contribution in [0.4, 0.5) is 5.69 Å². The van der Waals surface area contributed by atoms with E-state index in [0.29, 0.717) is 17.3 Å². The number of aromatic nitrogens is 5. The van der Waals surface area contributed by atoms with Gasteiger partial charge in [0.2, 0.25) is 5.65 Å². The van der Waals surface area contributed by atoms with Crippen molar-refractivity contribution in [3.63, 3.8) is 0 Å². The normalized spacial score (nSPS) is 11.2. The molecule has 3 aromatic rings. The summed E-state index contributed by atoms with van der Waals surface area (Å²) in [5.41, 5.74) is 2.55. The van der Waals surface area contributed by atoms with Crippen molar-refractivity contribution < 1.29 is 0 Å². The first-order valence-corrected chi connectivity index (χ1v) is 7.07. The number of fused-ring (bicyclic) bond motifs is 1. The van der Waals surface area contributed by atoms with E-state index in [9.17, 15) is 0 Å². The maximum Gasteiger partial charge on any atom is 0.201 e. The third kappa shape index (κ3) is 2.80. The van der Waals surface area contributed by atoms with E-state index in [4.69, 9.17) is 11.6 Å². The Kier molecular flexibility index (Phi) is 3.70. The average molecular weight is 303 g/mol. The number of nitrogens with zero attached hydrogens (tertiary/aromatic N) is 5. The molecule has 0 radical (unpaired) electrons. The van der Waals surface area contributed by atoms with Gasteiger partial charge in [-0.3, -0.25) is 4.98 Å². The fourth-order valence-corrected chi connectivity index (χ4v) is 2.24. The Labute approximate surface area is 127 Å². The molecule has 108 valence electrons. The highest BCUT2D eigenvalue weighted by atomic mass is 35.5. The van der Waals surface area contributed by atoms with Crippen LogP contribution < -0.4 is 5.32 Å². The van der Waals surface area contributed by atoms with Crippen molar-refractivity contribution in [3.05, 3.63) is 47.1 Å². The Morgan fingerprint density at radius 2 is 2.19 bits per heavy atom. The van der Waals surface area contributed by atoms with Crippen molar-refractivity contribution in [2.24, 2.45) is 0 Å². The second-order valence-electron chi connectivity index (χ2n) is 5.04. The summed E-state index contributed by atoms with van der Waals surface area (Å²) in [6.07, 6.45) is 3.56. The first-order chi connectivity index (χ1) is 10.1. The number of hydrogen-bond acceptors (Lipinski definition) is 5. The lowest BCUT2D eigenvalue weighted by Crippen LogP contribution is -2.05. The van der Waals surface area contributed by atoms with Gasteiger partial charge in [-0.1, -0.05) is 31.5 Å². The highest BCUT2D eigenvalue weighted by molar-refractivity contribution is 6.29. The van der Waals surface area contributed by atoms with Crippen molar-refractivity contribution >= 4 is 22.9 Å². The van der Waals surface area contributed by atoms with E-state index < -0.39 is 0 Å². The smallest absolute Gasteiger partial charge is 0.201 e. The van der Waals surface area contributed by atoms with Crippen molar-refractivity contribution in [1.29, 1.82) is 0 Å². The summed E-state index contributed by atoms with van der Waals surface area (Å²) < 4.78 is 1.69. The van der Waals surface area contributed by atoms with Crippen LogP contribution in [0.2, 0.25) is 5.15 Å². The second-order valence-corrected chi connectivity index (χ2v) is 5.43. The molecular formula is C14H15ClN6. The van der Waals surface area contributed by atoms with Crippen molar-refractivity contribution in [1.82, 2.24) is 24.8 Å². The fourth-order valence-electron chi connectivity index (χ4n) is 2.06. The average Bonchev–Trinajstić information content (AvgIpc) is 2.89. The van der Waals surface area contributed by atoms with Gasteiger partial charge in [-0.2, -0.15) is 9.61 Å². The molecule has 6 nitrogen and oxygen atoms in total. The molecule has 0 fully saturated rings. The number of rotatable bonds is 4. The molecule has 0 amide bonds. The largest absolute Gasteiger partial charge is 0.378 e. The van der Waals surface area contributed by atoms with Crippen LogP contribution in [-0.2, 0) is 6.54 Å². The minimum atomic E-state index is 0.220. The van der Waals surface area contributed by atoms with Gasteiger partial charge in [-0.05, 0) is 11.6 Å². The van der Waals surface area contributed by atoms with Crippen molar-refractivity contribution in [3.8, 4) is 0 Å². The lowest BCUT2D eigenvalue weighted by atomic mass is 10.2. The lowest BCUT2D eigenvalue weighted by Gasteiger charge is -2.08. The molecule has 0 saturated carbocycles. The van der Waals surface area contributed by atoms with Crippen LogP contribution in [0.1, 0.15) is 31.2 Å². The first-order valence-electron chi connectivity index (χ1n) is 6.70. The predicted octanol–water partition coefficient (Wildman–Crippen LogP) is 2.91. The quantitative estimate of drug-likeness (QED) is 0.802. The summed E-state index contributed by atoms with van der Waals surface area (Å²) in [5.74, 6) is 1.01. The molecule has 0 bridgehead atoms. The fraction of sp³-hybridized carbons (Fsp3) is 0.286. The first kappa shape index (κ1) is 13.8. The number of nitrogens with one attached hydrogen (secondary N) is 1. The highest BCUT2D eigenvalue weighted by Gasteiger charge is 2.14. The molecule has 0 spiro atoms. The molecule has 0 atom stereocenters. The van der Waals surface area contributed by atoms with Gasteiger partial charge < -0.3 is 5.32 Å². The van der Waals surface area contributed by atoms with E-state index in [1.54, 1.807) is 16.8 Å². The minimum absolute atomic E-state index is 0.220. The maximum absolute atomic E-state index is 6.10. The van der Waals surface area contributed by atoms with Gasteiger partial charge in [-0.15, -0.1) is 10.2 Å². The summed E-state index contributed by atoms with van der Waals surface area (Å²) in [6.45, 7) is 4.72. The summed E-state index contributed by atoms with van der Waals surface area (Å²) in [4.78, 5) is 4.09. The molecular weight excluding hydrogens is 288 g/mol. The van der Waals surface area contributed by atoms with Crippen LogP contribution in [0.5, 0.6) is 0 Å². The topological polar surface area (TPSA) is 68.0 Å². The molecule has 21 heavy (non-hydrogen) atoms. The summed E-state index contributed by atoms with van der Waals surface area (Å²) in [6, 6.07) is 5.66. The Balaban J connectivity index is 1.95. The third-order valence-electron chi connectivity index (χ3n) is 3.09. The molecule has 0 aromatic carbocycles. The zero-order valence-electron chi connectivity index (χ0n) is 11.8. The molecule has 3 heterocycles. The Hall–Kier alpha value is -2.21. The van der Waals surface area contributed by atoms with Crippen LogP contribution in [0, 0.1) is 0 Å². The molecule has 0 aliphatic carbocycles. The number of pyridine rings is 1. The molecule has 3 rings (SSSR count). The van der Waals surface area contributed by atoms with Crippen LogP contribution in [-0.4, -0.2) is 24.8 Å². The third-order valence-corrected chi connectivity index (χ3v) is 3.27. The van der Waals surface area contributed by atoms with Gasteiger partial charge in [0, 0.05) is 30.9 Å². The van der Waals surface area contributed by atoms with E-state index in [-0.39, 0.29) is 5.92 Å². The van der Waals surface area contributed by atoms with Crippen LogP contribution in [0.15, 0.2) is 30.6 Å². The minimum Gasteiger partial charge on any atom is -0.378 e. The van der Waals surface area contributed by atoms with Crippen LogP contribution in [0.3, 0.4) is 0 Å². The number of anilines is 1. The second kappa shape index (κ2) is 5.65. The summed E-state index contributed by atoms with van der Waals surface area (Å²) >= 11 is 6.10. The van der Waals surface area contributed by atoms with Gasteiger partial charge >= 0.3 is 0 Å². The lowest BCUT2D eigenvalue weighted by molar-refractivity contribution is 0.721. The van der Waals surface area contributed by atoms with Crippen molar-refractivity contribution in [2.45, 2.75) is 26.3 Å². The van der Waals surface area contributed by atoms with E-state index >= 15 is 0 Å². The molecule has 1 N–H and O–H groups in total. The van der Waals surface area contributed by atoms with Crippen LogP contribution >= 0.6 is 11.6 Å². The van der Waals surface area contributed by atoms with E-state index in [0.717, 1.165) is 17.1 Å². The number of halogens is 1. The monoisotopic (exact) mass is 302 g/mol. The van der Waals surface area contributed by atoms with Gasteiger partial charge in [0.15, 0.2) is 11.0 Å². The van der Waals surface area contributed by atoms with Crippen LogP contribution in [0.25, 0.3) is 5.65 Å². The standard InChI is InChI=1S/C14H15ClN6/c1-9(2)13-18-19-14-11(6-12(15)20-21(13)14)17-8-10-4-3-5-16-7-10/h3-7,9,17H,8H2,1-2H3.